The van der Waals surface area contributed by atoms with E-state index in [4.69, 9.17) is 50.1 Å². The Morgan fingerprint density at radius 1 is 0.402 bits per heavy atom. The van der Waals surface area contributed by atoms with E-state index in [1.54, 1.807) is 14.0 Å². The quantitative estimate of drug-likeness (QED) is 0.0994. The van der Waals surface area contributed by atoms with Crippen LogP contribution in [0.25, 0.3) is 101 Å². The first-order valence-electron chi connectivity index (χ1n) is 33.4. The number of rotatable bonds is 14. The first-order valence-corrected chi connectivity index (χ1v) is 34.5. The number of piperazine rings is 1. The predicted octanol–water partition coefficient (Wildman–Crippen LogP) is 13.7. The number of benzene rings is 6. The van der Waals surface area contributed by atoms with Crippen LogP contribution in [0.2, 0.25) is 15.1 Å². The van der Waals surface area contributed by atoms with Gasteiger partial charge in [-0.15, -0.1) is 30.6 Å². The van der Waals surface area contributed by atoms with Crippen molar-refractivity contribution in [3.63, 3.8) is 0 Å². The Morgan fingerprint density at radius 3 is 1.01 bits per heavy atom. The molecule has 0 saturated carbocycles. The van der Waals surface area contributed by atoms with Crippen molar-refractivity contribution in [2.24, 2.45) is 0 Å². The highest BCUT2D eigenvalue weighted by atomic mass is 35.5. The van der Waals surface area contributed by atoms with Crippen LogP contribution in [-0.4, -0.2) is 200 Å². The van der Waals surface area contributed by atoms with Crippen molar-refractivity contribution in [1.82, 2.24) is 89.3 Å². The van der Waals surface area contributed by atoms with E-state index in [1.165, 1.54) is 0 Å². The topological polar surface area (TPSA) is 201 Å². The molecule has 9 heterocycles. The lowest BCUT2D eigenvalue weighted by Crippen LogP contribution is -2.48. The minimum Gasteiger partial charge on any atom is -0.372 e. The normalized spacial score (nSPS) is 14.7. The molecule has 3 saturated heterocycles. The number of carbonyl (C=O) groups is 3. The fourth-order valence-electron chi connectivity index (χ4n) is 12.8. The number of amides is 3. The number of hydrogen-bond donors (Lipinski definition) is 0. The van der Waals surface area contributed by atoms with Crippen LogP contribution < -0.4 is 0 Å². The van der Waals surface area contributed by atoms with Crippen LogP contribution in [0.5, 0.6) is 0 Å². The van der Waals surface area contributed by atoms with Gasteiger partial charge in [-0.3, -0.25) is 14.4 Å². The number of likely N-dealkylation sites (tertiary alicyclic amines) is 1. The lowest BCUT2D eigenvalue weighted by atomic mass is 10.1. The van der Waals surface area contributed by atoms with E-state index in [0.717, 1.165) is 97.7 Å². The first-order chi connectivity index (χ1) is 48.7. The summed E-state index contributed by atoms with van der Waals surface area (Å²) in [4.78, 5) is 51.7. The van der Waals surface area contributed by atoms with E-state index in [9.17, 15) is 14.4 Å². The molecular formula is C78H83Cl3N18O3. The average Bonchev–Trinajstić information content (AvgIpc) is 1.60. The molecule has 1 unspecified atom stereocenters. The van der Waals surface area contributed by atoms with Crippen LogP contribution in [0.4, 0.5) is 0 Å². The molecule has 0 bridgehead atoms. The van der Waals surface area contributed by atoms with Crippen LogP contribution >= 0.6 is 34.8 Å². The highest BCUT2D eigenvalue weighted by Crippen LogP contribution is 2.41. The number of likely N-dealkylation sites (N-methyl/N-ethyl adjacent to an activating group) is 2. The molecule has 6 aromatic heterocycles. The summed E-state index contributed by atoms with van der Waals surface area (Å²) in [6, 6.07) is 59.0. The van der Waals surface area contributed by atoms with Crippen LogP contribution in [0.15, 0.2) is 194 Å². The van der Waals surface area contributed by atoms with E-state index < -0.39 is 0 Å². The molecule has 21 nitrogen and oxygen atoms in total. The molecule has 3 fully saturated rings. The van der Waals surface area contributed by atoms with Crippen LogP contribution in [-0.2, 0) is 34.0 Å². The molecule has 12 aromatic rings. The molecule has 1 atom stereocenters. The summed E-state index contributed by atoms with van der Waals surface area (Å²) in [5, 5.41) is 44.6. The summed E-state index contributed by atoms with van der Waals surface area (Å²) in [6.45, 7) is 13.9. The molecule has 524 valence electrons. The zero-order valence-electron chi connectivity index (χ0n) is 56.1. The van der Waals surface area contributed by atoms with Crippen molar-refractivity contribution in [2.45, 2.75) is 60.3 Å². The van der Waals surface area contributed by atoms with Crippen LogP contribution in [0.1, 0.15) is 34.6 Å². The van der Waals surface area contributed by atoms with E-state index >= 15 is 0 Å². The van der Waals surface area contributed by atoms with Gasteiger partial charge in [0.15, 0.2) is 16.9 Å². The zero-order valence-corrected chi connectivity index (χ0v) is 58.4. The Bertz CT molecular complexity index is 4880. The number of aromatic nitrogens is 12. The second kappa shape index (κ2) is 33.0. The van der Waals surface area contributed by atoms with E-state index in [2.05, 4.69) is 58.9 Å². The van der Waals surface area contributed by atoms with Crippen molar-refractivity contribution in [1.29, 1.82) is 0 Å². The maximum absolute atomic E-state index is 13.2. The van der Waals surface area contributed by atoms with E-state index in [0.29, 0.717) is 108 Å². The Morgan fingerprint density at radius 2 is 0.696 bits per heavy atom. The van der Waals surface area contributed by atoms with Gasteiger partial charge in [0.1, 0.15) is 53.8 Å². The molecule has 0 radical (unpaired) electrons. The summed E-state index contributed by atoms with van der Waals surface area (Å²) in [5.74, 6) is 0.0447. The highest BCUT2D eigenvalue weighted by molar-refractivity contribution is 6.40. The van der Waals surface area contributed by atoms with Crippen molar-refractivity contribution in [2.75, 3.05) is 86.6 Å². The van der Waals surface area contributed by atoms with Crippen LogP contribution in [0.3, 0.4) is 0 Å². The molecule has 0 spiro atoms. The molecule has 6 aromatic carbocycles. The van der Waals surface area contributed by atoms with Gasteiger partial charge in [0, 0.05) is 104 Å². The Kier molecular flexibility index (Phi) is 23.6. The van der Waals surface area contributed by atoms with Gasteiger partial charge < -0.3 is 29.4 Å². The molecule has 3 amide bonds. The van der Waals surface area contributed by atoms with Gasteiger partial charge in [-0.05, 0) is 47.5 Å². The molecule has 24 heteroatoms. The third-order valence-electron chi connectivity index (χ3n) is 18.4. The molecule has 3 aliphatic heterocycles. The molecule has 102 heavy (non-hydrogen) atoms. The van der Waals surface area contributed by atoms with Gasteiger partial charge >= 0.3 is 0 Å². The minimum absolute atomic E-state index is 0. The summed E-state index contributed by atoms with van der Waals surface area (Å²) >= 11 is 20.7. The zero-order chi connectivity index (χ0) is 69.4. The van der Waals surface area contributed by atoms with Crippen LogP contribution in [0, 0.1) is 0 Å². The summed E-state index contributed by atoms with van der Waals surface area (Å²) in [7, 11) is 6.18. The smallest absolute Gasteiger partial charge is 0.244 e. The van der Waals surface area contributed by atoms with Gasteiger partial charge in [0.2, 0.25) is 17.7 Å². The summed E-state index contributed by atoms with van der Waals surface area (Å²) < 4.78 is 4.90. The molecule has 3 aliphatic rings. The standard InChI is InChI=1S/C26H25ClN6O.2C25H25ClN6O.2CH4/c1-18(2)31-13-15-32(16-14-31)21(34)17-33-26-22(24(30-33)19-9-5-3-6-10-19)23(27)25(28-29-26)20-11-7-4-8-12-20;1-30(2)19-13-14-31(15-19)20(33)16-32-25-21(23(29-32)17-9-5-3-6-10-17)22(26)24(27-28-25)18-11-7-4-8-12-18;1-30-13-8-14-31(16-15-30)20(33)17-32-25-21(23(29-32)18-9-4-2-5-10-18)22(26)24(27-28-25)19-11-6-3-7-12-19;;/h3-12H,1,13-17H2,2H3;3-12,19H,13-16H2,1-2H3;2-7,9-12H,8,13-17H2,1H3;2*1H4. The number of carbonyl (C=O) groups excluding carboxylic acids is 3. The van der Waals surface area contributed by atoms with Crippen molar-refractivity contribution in [3.05, 3.63) is 209 Å². The highest BCUT2D eigenvalue weighted by Gasteiger charge is 2.31. The maximum Gasteiger partial charge on any atom is 0.244 e. The number of fused-ring (bicyclic) bond motifs is 3. The molecular weight excluding hydrogens is 1340 g/mol. The van der Waals surface area contributed by atoms with Gasteiger partial charge in [-0.2, -0.15) is 15.3 Å². The lowest BCUT2D eigenvalue weighted by molar-refractivity contribution is -0.133. The van der Waals surface area contributed by atoms with Crippen molar-refractivity contribution in [3.8, 4) is 67.5 Å². The minimum atomic E-state index is -0.00423. The SMILES string of the molecule is C.C.C=C(C)N1CCN(C(=O)Cn2nc(-c3ccccc3)c3c(Cl)c(-c4ccccc4)nnc32)CC1.CN(C)C1CCN(C(=O)Cn2nc(-c3ccccc3)c3c(Cl)c(-c4ccccc4)nnc32)C1.CN1CCCN(C(=O)Cn2nc(-c3ccccc3)c3c(Cl)c(-c4ccccc4)nnc32)CC1. The largest absolute Gasteiger partial charge is 0.372 e. The van der Waals surface area contributed by atoms with E-state index in [-0.39, 0.29) is 52.2 Å². The Balaban J connectivity index is 0.000000152. The molecule has 0 N–H and O–H groups in total. The number of allylic oxidation sites excluding steroid dienone is 1. The first kappa shape index (κ1) is 72.9. The van der Waals surface area contributed by atoms with E-state index in [1.807, 2.05) is 218 Å². The second-order valence-corrected chi connectivity index (χ2v) is 26.4. The van der Waals surface area contributed by atoms with Gasteiger partial charge in [0.25, 0.3) is 0 Å². The Hall–Kier alpha value is -10.3. The number of halogens is 3. The van der Waals surface area contributed by atoms with Gasteiger partial charge in [-0.1, -0.05) is 238 Å². The average molecular weight is 1430 g/mol. The molecule has 0 aliphatic carbocycles. The summed E-state index contributed by atoms with van der Waals surface area (Å²) in [6.07, 6.45) is 1.93. The third kappa shape index (κ3) is 15.9. The maximum atomic E-state index is 13.2. The number of nitrogens with zero attached hydrogens (tertiary/aromatic N) is 18. The fraction of sp³-hybridized carbons (Fsp3) is 0.282. The second-order valence-electron chi connectivity index (χ2n) is 25.3. The third-order valence-corrected chi connectivity index (χ3v) is 19.5. The van der Waals surface area contributed by atoms with Gasteiger partial charge in [-0.25, -0.2) is 14.0 Å². The predicted molar refractivity (Wildman–Crippen MR) is 407 cm³/mol. The van der Waals surface area contributed by atoms with Crippen molar-refractivity contribution >= 4 is 85.6 Å². The van der Waals surface area contributed by atoms with Crippen molar-refractivity contribution < 1.29 is 14.4 Å². The van der Waals surface area contributed by atoms with Gasteiger partial charge in [0.05, 0.1) is 31.2 Å². The summed E-state index contributed by atoms with van der Waals surface area (Å²) in [5.41, 5.74) is 11.8. The fourth-order valence-corrected chi connectivity index (χ4v) is 13.8. The number of hydrogen-bond acceptors (Lipinski definition) is 15. The Labute approximate surface area is 609 Å². The lowest BCUT2D eigenvalue weighted by Gasteiger charge is -2.36. The molecule has 15 rings (SSSR count). The monoisotopic (exact) mass is 1420 g/mol.